The Morgan fingerprint density at radius 2 is 1.44 bits per heavy atom. The number of hydrogen-bond acceptors (Lipinski definition) is 3. The maximum atomic E-state index is 9.45. The molecule has 0 aromatic rings. The van der Waals surface area contributed by atoms with Crippen LogP contribution in [0.4, 0.5) is 0 Å². The minimum Gasteiger partial charge on any atom is -1.00 e. The van der Waals surface area contributed by atoms with E-state index in [0.29, 0.717) is 0 Å². The van der Waals surface area contributed by atoms with Gasteiger partial charge in [-0.25, -0.2) is 4.79 Å². The predicted octanol–water partition coefficient (Wildman–Crippen LogP) is -7.68. The molecule has 0 saturated carbocycles. The first kappa shape index (κ1) is 22.6. The molecule has 0 unspecified atom stereocenters. The minimum atomic E-state index is -1.23. The summed E-state index contributed by atoms with van der Waals surface area (Å²) in [5, 5.41) is 7.74. The Bertz CT molecular complexity index is 71.6. The molecule has 0 rings (SSSR count). The summed E-state index contributed by atoms with van der Waals surface area (Å²) in [5.41, 5.74) is 9.23. The standard InChI is InChI=1S/C2H6N2O2.2ClH.Zn/c3-1(4)2(5)6;;;/h1H,3-4H2,(H,5,6);2*1H;/q;;;+2/p-2. The second-order valence-electron chi connectivity index (χ2n) is 0.864. The van der Waals surface area contributed by atoms with E-state index >= 15 is 0 Å². The Hall–Kier alpha value is 0.593. The van der Waals surface area contributed by atoms with Crippen molar-refractivity contribution in [2.75, 3.05) is 0 Å². The molecule has 0 atom stereocenters. The van der Waals surface area contributed by atoms with Crippen LogP contribution in [0.25, 0.3) is 0 Å². The zero-order valence-corrected chi connectivity index (χ0v) is 9.03. The molecule has 0 bridgehead atoms. The van der Waals surface area contributed by atoms with Crippen molar-refractivity contribution in [3.63, 3.8) is 0 Å². The summed E-state index contributed by atoms with van der Waals surface area (Å²) in [5.74, 6) is -1.19. The molecule has 0 aromatic carbocycles. The Morgan fingerprint density at radius 1 is 1.33 bits per heavy atom. The maximum absolute atomic E-state index is 9.45. The van der Waals surface area contributed by atoms with Crippen molar-refractivity contribution in [2.45, 2.75) is 6.17 Å². The Morgan fingerprint density at radius 3 is 1.44 bits per heavy atom. The molecular formula is C2H6Cl2N2O2Zn. The van der Waals surface area contributed by atoms with Crippen LogP contribution in [0.1, 0.15) is 0 Å². The number of carboxylic acids is 1. The van der Waals surface area contributed by atoms with Gasteiger partial charge in [-0.2, -0.15) is 0 Å². The van der Waals surface area contributed by atoms with Crippen LogP contribution in [0.15, 0.2) is 0 Å². The number of hydrogen-bond donors (Lipinski definition) is 3. The van der Waals surface area contributed by atoms with E-state index < -0.39 is 12.1 Å². The molecule has 0 saturated heterocycles. The van der Waals surface area contributed by atoms with Crippen molar-refractivity contribution < 1.29 is 54.2 Å². The fourth-order valence-corrected chi connectivity index (χ4v) is 0. The first-order valence-corrected chi connectivity index (χ1v) is 1.38. The quantitative estimate of drug-likeness (QED) is 0.306. The van der Waals surface area contributed by atoms with Gasteiger partial charge < -0.3 is 41.4 Å². The number of rotatable bonds is 1. The van der Waals surface area contributed by atoms with E-state index in [-0.39, 0.29) is 44.3 Å². The van der Waals surface area contributed by atoms with Crippen LogP contribution in [-0.4, -0.2) is 17.2 Å². The van der Waals surface area contributed by atoms with Gasteiger partial charge in [0.25, 0.3) is 0 Å². The molecule has 0 radical (unpaired) electrons. The van der Waals surface area contributed by atoms with Crippen LogP contribution in [0.2, 0.25) is 0 Å². The molecule has 0 aromatic heterocycles. The van der Waals surface area contributed by atoms with E-state index in [4.69, 9.17) is 5.11 Å². The van der Waals surface area contributed by atoms with Gasteiger partial charge in [-0.3, -0.25) is 0 Å². The number of halogens is 2. The van der Waals surface area contributed by atoms with Crippen LogP contribution in [0.3, 0.4) is 0 Å². The van der Waals surface area contributed by atoms with E-state index in [1.54, 1.807) is 0 Å². The van der Waals surface area contributed by atoms with Gasteiger partial charge in [0.1, 0.15) is 0 Å². The second kappa shape index (κ2) is 11.4. The third-order valence-corrected chi connectivity index (χ3v) is 0.285. The molecule has 0 aliphatic rings. The molecule has 4 nitrogen and oxygen atoms in total. The van der Waals surface area contributed by atoms with Gasteiger partial charge >= 0.3 is 25.4 Å². The van der Waals surface area contributed by atoms with Crippen molar-refractivity contribution in [3.05, 3.63) is 0 Å². The molecule has 9 heavy (non-hydrogen) atoms. The second-order valence-corrected chi connectivity index (χ2v) is 0.864. The summed E-state index contributed by atoms with van der Waals surface area (Å²) in [4.78, 5) is 9.45. The van der Waals surface area contributed by atoms with Gasteiger partial charge in [0, 0.05) is 0 Å². The van der Waals surface area contributed by atoms with Gasteiger partial charge in [-0.1, -0.05) is 0 Å². The molecule has 7 heteroatoms. The van der Waals surface area contributed by atoms with E-state index in [2.05, 4.69) is 11.5 Å². The third-order valence-electron chi connectivity index (χ3n) is 0.285. The molecule has 52 valence electrons. The fraction of sp³-hybridized carbons (Fsp3) is 0.500. The Labute approximate surface area is 77.9 Å². The van der Waals surface area contributed by atoms with Crippen molar-refractivity contribution in [1.82, 2.24) is 0 Å². The molecule has 0 fully saturated rings. The Balaban J connectivity index is -0.0000000417. The van der Waals surface area contributed by atoms with E-state index in [1.807, 2.05) is 0 Å². The van der Waals surface area contributed by atoms with Crippen molar-refractivity contribution in [3.8, 4) is 0 Å². The van der Waals surface area contributed by atoms with Crippen LogP contribution < -0.4 is 36.3 Å². The van der Waals surface area contributed by atoms with Gasteiger partial charge in [-0.15, -0.1) is 0 Å². The predicted molar refractivity (Wildman–Crippen MR) is 19.8 cm³/mol. The van der Waals surface area contributed by atoms with Gasteiger partial charge in [0.2, 0.25) is 0 Å². The topological polar surface area (TPSA) is 89.3 Å². The molecule has 0 aliphatic carbocycles. The maximum Gasteiger partial charge on any atom is 2.00 e. The first-order chi connectivity index (χ1) is 2.64. The molecule has 0 spiro atoms. The zero-order valence-electron chi connectivity index (χ0n) is 4.55. The third kappa shape index (κ3) is 17.7. The summed E-state index contributed by atoms with van der Waals surface area (Å²) in [7, 11) is 0. The number of nitrogens with two attached hydrogens (primary N) is 2. The normalized spacial score (nSPS) is 6.11. The van der Waals surface area contributed by atoms with Gasteiger partial charge in [0.15, 0.2) is 6.17 Å². The van der Waals surface area contributed by atoms with Crippen LogP contribution in [0, 0.1) is 0 Å². The SMILES string of the molecule is NC(N)C(=O)O.[Cl-].[Cl-].[Zn+2]. The summed E-state index contributed by atoms with van der Waals surface area (Å²) in [6.07, 6.45) is -1.23. The monoisotopic (exact) mass is 224 g/mol. The average molecular weight is 226 g/mol. The molecule has 0 amide bonds. The van der Waals surface area contributed by atoms with E-state index in [9.17, 15) is 4.79 Å². The van der Waals surface area contributed by atoms with E-state index in [1.165, 1.54) is 0 Å². The van der Waals surface area contributed by atoms with E-state index in [0.717, 1.165) is 0 Å². The van der Waals surface area contributed by atoms with Crippen molar-refractivity contribution in [1.29, 1.82) is 0 Å². The van der Waals surface area contributed by atoms with Crippen molar-refractivity contribution in [2.24, 2.45) is 11.5 Å². The average Bonchev–Trinajstić information content (AvgIpc) is 1.36. The molecule has 0 aliphatic heterocycles. The van der Waals surface area contributed by atoms with Crippen LogP contribution in [0.5, 0.6) is 0 Å². The summed E-state index contributed by atoms with van der Waals surface area (Å²) < 4.78 is 0. The smallest absolute Gasteiger partial charge is 1.00 e. The Kier molecular flexibility index (Phi) is 28.7. The summed E-state index contributed by atoms with van der Waals surface area (Å²) >= 11 is 0. The van der Waals surface area contributed by atoms with Crippen LogP contribution >= 0.6 is 0 Å². The molecule has 5 N–H and O–H groups in total. The zero-order chi connectivity index (χ0) is 5.15. The van der Waals surface area contributed by atoms with Gasteiger partial charge in [-0.05, 0) is 0 Å². The molecule has 0 heterocycles. The minimum absolute atomic E-state index is 0. The van der Waals surface area contributed by atoms with Crippen molar-refractivity contribution >= 4 is 5.97 Å². The largest absolute Gasteiger partial charge is 2.00 e. The fourth-order valence-electron chi connectivity index (χ4n) is 0. The first-order valence-electron chi connectivity index (χ1n) is 1.38. The van der Waals surface area contributed by atoms with Gasteiger partial charge in [0.05, 0.1) is 0 Å². The summed E-state index contributed by atoms with van der Waals surface area (Å²) in [6, 6.07) is 0. The van der Waals surface area contributed by atoms with Crippen LogP contribution in [-0.2, 0) is 24.3 Å². The number of carboxylic acid groups (broad SMARTS) is 1. The number of carbonyl (C=O) groups is 1. The number of aliphatic carboxylic acids is 1. The molecular weight excluding hydrogens is 220 g/mol. The summed E-state index contributed by atoms with van der Waals surface area (Å²) in [6.45, 7) is 0.